The molecule has 0 saturated heterocycles. The lowest BCUT2D eigenvalue weighted by molar-refractivity contribution is 0.617. The molecule has 100 valence electrons. The van der Waals surface area contributed by atoms with E-state index in [1.807, 2.05) is 6.92 Å². The maximum atomic E-state index is 13.4. The van der Waals surface area contributed by atoms with Crippen molar-refractivity contribution in [3.63, 3.8) is 0 Å². The van der Waals surface area contributed by atoms with Crippen LogP contribution in [0.1, 0.15) is 22.7 Å². The van der Waals surface area contributed by atoms with Crippen molar-refractivity contribution in [2.24, 2.45) is 5.73 Å². The molecule has 0 heterocycles. The summed E-state index contributed by atoms with van der Waals surface area (Å²) in [5.74, 6) is -0.760. The number of hydrogen-bond donors (Lipinski definition) is 1. The molecule has 0 saturated carbocycles. The molecular formula is C15H14ClF2N. The smallest absolute Gasteiger partial charge is 0.142 e. The lowest BCUT2D eigenvalue weighted by Gasteiger charge is -2.15. The Bertz CT molecular complexity index is 599. The van der Waals surface area contributed by atoms with Crippen molar-refractivity contribution in [2.45, 2.75) is 19.4 Å². The monoisotopic (exact) mass is 281 g/mol. The van der Waals surface area contributed by atoms with Gasteiger partial charge in [-0.05, 0) is 48.2 Å². The first-order valence-corrected chi connectivity index (χ1v) is 6.31. The quantitative estimate of drug-likeness (QED) is 0.898. The normalized spacial score (nSPS) is 12.5. The lowest BCUT2D eigenvalue weighted by atomic mass is 9.96. The minimum absolute atomic E-state index is 0.0507. The van der Waals surface area contributed by atoms with Crippen molar-refractivity contribution in [2.75, 3.05) is 0 Å². The van der Waals surface area contributed by atoms with Gasteiger partial charge >= 0.3 is 0 Å². The van der Waals surface area contributed by atoms with Crippen molar-refractivity contribution in [3.05, 3.63) is 69.7 Å². The Hall–Kier alpha value is -1.45. The van der Waals surface area contributed by atoms with Crippen LogP contribution in [-0.4, -0.2) is 0 Å². The topological polar surface area (TPSA) is 26.0 Å². The Morgan fingerprint density at radius 2 is 1.95 bits per heavy atom. The van der Waals surface area contributed by atoms with E-state index in [0.717, 1.165) is 11.1 Å². The fourth-order valence-electron chi connectivity index (χ4n) is 2.04. The molecule has 1 nitrogen and oxygen atoms in total. The lowest BCUT2D eigenvalue weighted by Crippen LogP contribution is -2.15. The molecule has 0 bridgehead atoms. The molecule has 0 aliphatic rings. The second-order valence-electron chi connectivity index (χ2n) is 4.52. The van der Waals surface area contributed by atoms with Gasteiger partial charge in [0.1, 0.15) is 11.6 Å². The van der Waals surface area contributed by atoms with Crippen molar-refractivity contribution >= 4 is 11.6 Å². The summed E-state index contributed by atoms with van der Waals surface area (Å²) in [7, 11) is 0. The summed E-state index contributed by atoms with van der Waals surface area (Å²) in [5, 5.41) is 0.0507. The second-order valence-corrected chi connectivity index (χ2v) is 4.90. The zero-order valence-corrected chi connectivity index (χ0v) is 11.2. The second kappa shape index (κ2) is 5.68. The van der Waals surface area contributed by atoms with Crippen LogP contribution in [0.4, 0.5) is 8.78 Å². The molecule has 0 aromatic heterocycles. The first-order valence-electron chi connectivity index (χ1n) is 5.93. The van der Waals surface area contributed by atoms with Gasteiger partial charge in [0.25, 0.3) is 0 Å². The zero-order valence-electron chi connectivity index (χ0n) is 10.5. The zero-order chi connectivity index (χ0) is 14.0. The average Bonchev–Trinajstić information content (AvgIpc) is 2.36. The first-order chi connectivity index (χ1) is 8.99. The maximum Gasteiger partial charge on any atom is 0.142 e. The molecule has 2 aromatic rings. The predicted octanol–water partition coefficient (Wildman–Crippen LogP) is 4.17. The van der Waals surface area contributed by atoms with Gasteiger partial charge in [-0.2, -0.15) is 0 Å². The third-order valence-electron chi connectivity index (χ3n) is 3.13. The molecule has 0 fully saturated rings. The van der Waals surface area contributed by atoms with E-state index in [9.17, 15) is 8.78 Å². The SMILES string of the molecule is Cc1cc(F)ccc1CC(N)c1cccc(F)c1Cl. The molecule has 4 heteroatoms. The van der Waals surface area contributed by atoms with Crippen molar-refractivity contribution in [3.8, 4) is 0 Å². The third-order valence-corrected chi connectivity index (χ3v) is 3.52. The largest absolute Gasteiger partial charge is 0.324 e. The van der Waals surface area contributed by atoms with E-state index in [1.54, 1.807) is 18.2 Å². The fraction of sp³-hybridized carbons (Fsp3) is 0.200. The van der Waals surface area contributed by atoms with Crippen LogP contribution in [0.5, 0.6) is 0 Å². The highest BCUT2D eigenvalue weighted by Crippen LogP contribution is 2.27. The number of benzene rings is 2. The first kappa shape index (κ1) is 14.0. The van der Waals surface area contributed by atoms with Crippen LogP contribution < -0.4 is 5.73 Å². The van der Waals surface area contributed by atoms with Crippen LogP contribution >= 0.6 is 11.6 Å². The summed E-state index contributed by atoms with van der Waals surface area (Å²) in [6, 6.07) is 8.69. The molecule has 1 unspecified atom stereocenters. The van der Waals surface area contributed by atoms with Gasteiger partial charge < -0.3 is 5.73 Å². The van der Waals surface area contributed by atoms with Crippen LogP contribution in [0.3, 0.4) is 0 Å². The minimum atomic E-state index is -0.481. The molecule has 19 heavy (non-hydrogen) atoms. The van der Waals surface area contributed by atoms with Crippen LogP contribution in [0.15, 0.2) is 36.4 Å². The van der Waals surface area contributed by atoms with Crippen LogP contribution in [0, 0.1) is 18.6 Å². The summed E-state index contributed by atoms with van der Waals surface area (Å²) in [6.45, 7) is 1.82. The van der Waals surface area contributed by atoms with E-state index < -0.39 is 11.9 Å². The Kier molecular flexibility index (Phi) is 4.17. The van der Waals surface area contributed by atoms with E-state index >= 15 is 0 Å². The summed E-state index contributed by atoms with van der Waals surface area (Å²) in [4.78, 5) is 0. The molecule has 2 N–H and O–H groups in total. The highest BCUT2D eigenvalue weighted by Gasteiger charge is 2.14. The Labute approximate surface area is 116 Å². The molecule has 0 aliphatic carbocycles. The van der Waals surface area contributed by atoms with Crippen LogP contribution in [0.25, 0.3) is 0 Å². The molecule has 0 amide bonds. The van der Waals surface area contributed by atoms with Gasteiger partial charge in [-0.25, -0.2) is 8.78 Å². The summed E-state index contributed by atoms with van der Waals surface area (Å²) in [6.07, 6.45) is 0.481. The molecule has 0 spiro atoms. The van der Waals surface area contributed by atoms with Crippen molar-refractivity contribution < 1.29 is 8.78 Å². The number of halogens is 3. The number of hydrogen-bond acceptors (Lipinski definition) is 1. The maximum absolute atomic E-state index is 13.4. The van der Waals surface area contributed by atoms with Gasteiger partial charge in [0.2, 0.25) is 0 Å². The van der Waals surface area contributed by atoms with Gasteiger partial charge in [-0.3, -0.25) is 0 Å². The number of rotatable bonds is 3. The highest BCUT2D eigenvalue weighted by molar-refractivity contribution is 6.31. The number of aryl methyl sites for hydroxylation is 1. The standard InChI is InChI=1S/C15H14ClF2N/c1-9-7-11(17)6-5-10(9)8-14(19)12-3-2-4-13(18)15(12)16/h2-7,14H,8,19H2,1H3. The fourth-order valence-corrected chi connectivity index (χ4v) is 2.31. The van der Waals surface area contributed by atoms with Gasteiger partial charge in [-0.1, -0.05) is 29.8 Å². The van der Waals surface area contributed by atoms with Gasteiger partial charge in [0.15, 0.2) is 0 Å². The van der Waals surface area contributed by atoms with Gasteiger partial charge in [-0.15, -0.1) is 0 Å². The van der Waals surface area contributed by atoms with Crippen molar-refractivity contribution in [1.82, 2.24) is 0 Å². The van der Waals surface area contributed by atoms with Gasteiger partial charge in [0, 0.05) is 6.04 Å². The van der Waals surface area contributed by atoms with Crippen LogP contribution in [0.2, 0.25) is 5.02 Å². The summed E-state index contributed by atoms with van der Waals surface area (Å²) in [5.41, 5.74) is 8.37. The third kappa shape index (κ3) is 3.11. The van der Waals surface area contributed by atoms with Crippen molar-refractivity contribution in [1.29, 1.82) is 0 Å². The van der Waals surface area contributed by atoms with E-state index in [1.165, 1.54) is 18.2 Å². The molecule has 2 aromatic carbocycles. The Balaban J connectivity index is 2.25. The Morgan fingerprint density at radius 1 is 1.21 bits per heavy atom. The molecule has 0 radical (unpaired) electrons. The highest BCUT2D eigenvalue weighted by atomic mass is 35.5. The minimum Gasteiger partial charge on any atom is -0.324 e. The Morgan fingerprint density at radius 3 is 2.63 bits per heavy atom. The average molecular weight is 282 g/mol. The molecule has 1 atom stereocenters. The van der Waals surface area contributed by atoms with E-state index in [4.69, 9.17) is 17.3 Å². The molecule has 0 aliphatic heterocycles. The van der Waals surface area contributed by atoms with Gasteiger partial charge in [0.05, 0.1) is 5.02 Å². The number of nitrogens with two attached hydrogens (primary N) is 1. The van der Waals surface area contributed by atoms with E-state index in [2.05, 4.69) is 0 Å². The van der Waals surface area contributed by atoms with E-state index in [0.29, 0.717) is 12.0 Å². The predicted molar refractivity (Wildman–Crippen MR) is 73.2 cm³/mol. The molecule has 2 rings (SSSR count). The van der Waals surface area contributed by atoms with Crippen LogP contribution in [-0.2, 0) is 6.42 Å². The summed E-state index contributed by atoms with van der Waals surface area (Å²) < 4.78 is 26.4. The van der Waals surface area contributed by atoms with E-state index in [-0.39, 0.29) is 10.8 Å². The molecular weight excluding hydrogens is 268 g/mol. The summed E-state index contributed by atoms with van der Waals surface area (Å²) >= 11 is 5.90.